The van der Waals surface area contributed by atoms with Gasteiger partial charge in [-0.05, 0) is 31.1 Å². The van der Waals surface area contributed by atoms with Gasteiger partial charge in [-0.3, -0.25) is 0 Å². The molecule has 0 aromatic rings. The van der Waals surface area contributed by atoms with Crippen molar-refractivity contribution in [2.24, 2.45) is 11.8 Å². The van der Waals surface area contributed by atoms with Crippen molar-refractivity contribution >= 4 is 0 Å². The molecule has 0 bridgehead atoms. The largest absolute Gasteiger partial charge is 0.460 e. The van der Waals surface area contributed by atoms with Gasteiger partial charge in [0.15, 0.2) is 0 Å². The molecule has 3 unspecified atom stereocenters. The summed E-state index contributed by atoms with van der Waals surface area (Å²) in [6.07, 6.45) is -4.78. The first kappa shape index (κ1) is 26.2. The molecule has 0 radical (unpaired) electrons. The molecule has 174 valence electrons. The molecule has 0 spiro atoms. The normalized spacial score (nSPS) is 24.9. The third kappa shape index (κ3) is 4.76. The van der Waals surface area contributed by atoms with Crippen LogP contribution in [0.3, 0.4) is 0 Å². The van der Waals surface area contributed by atoms with E-state index in [9.17, 15) is 48.3 Å². The summed E-state index contributed by atoms with van der Waals surface area (Å²) in [4.78, 5) is 0. The highest BCUT2D eigenvalue weighted by Gasteiger charge is 2.87. The molecule has 0 aliphatic heterocycles. The summed E-state index contributed by atoms with van der Waals surface area (Å²) in [5.74, 6) is -28.4. The van der Waals surface area contributed by atoms with Crippen LogP contribution in [0.5, 0.6) is 0 Å². The minimum Gasteiger partial charge on any atom is -0.371 e. The molecular weight excluding hydrogens is 429 g/mol. The van der Waals surface area contributed by atoms with E-state index in [1.54, 1.807) is 6.92 Å². The molecule has 0 saturated heterocycles. The average Bonchev–Trinajstić information content (AvgIpc) is 2.98. The Bertz CT molecular complexity index is 530. The Hall–Kier alpha value is -0.810. The van der Waals surface area contributed by atoms with E-state index in [0.717, 1.165) is 6.42 Å². The predicted molar refractivity (Wildman–Crippen MR) is 81.6 cm³/mol. The van der Waals surface area contributed by atoms with Crippen molar-refractivity contribution in [3.63, 3.8) is 0 Å². The first-order valence-corrected chi connectivity index (χ1v) is 9.17. The molecule has 1 saturated carbocycles. The number of rotatable bonds is 10. The van der Waals surface area contributed by atoms with Crippen LogP contribution in [0.1, 0.15) is 52.4 Å². The maximum absolute atomic E-state index is 13.8. The lowest BCUT2D eigenvalue weighted by atomic mass is 9.94. The summed E-state index contributed by atoms with van der Waals surface area (Å²) >= 11 is 0. The second-order valence-electron chi connectivity index (χ2n) is 7.35. The Morgan fingerprint density at radius 1 is 0.724 bits per heavy atom. The minimum absolute atomic E-state index is 0.318. The lowest BCUT2D eigenvalue weighted by Gasteiger charge is -2.38. The summed E-state index contributed by atoms with van der Waals surface area (Å²) in [6, 6.07) is 0. The Kier molecular flexibility index (Phi) is 7.91. The van der Waals surface area contributed by atoms with Crippen LogP contribution in [0.2, 0.25) is 0 Å². The van der Waals surface area contributed by atoms with E-state index in [2.05, 4.69) is 0 Å². The van der Waals surface area contributed by atoms with Gasteiger partial charge < -0.3 is 4.74 Å². The molecule has 1 nitrogen and oxygen atoms in total. The quantitative estimate of drug-likeness (QED) is 0.321. The van der Waals surface area contributed by atoms with E-state index in [1.165, 1.54) is 0 Å². The first-order valence-electron chi connectivity index (χ1n) is 9.17. The lowest BCUT2D eigenvalue weighted by Crippen LogP contribution is -2.67. The zero-order chi connectivity index (χ0) is 22.9. The van der Waals surface area contributed by atoms with Gasteiger partial charge in [0.1, 0.15) is 6.61 Å². The molecule has 3 atom stereocenters. The molecule has 0 aromatic carbocycles. The van der Waals surface area contributed by atoms with Crippen molar-refractivity contribution in [1.29, 1.82) is 0 Å². The van der Waals surface area contributed by atoms with Crippen molar-refractivity contribution in [3.8, 4) is 0 Å². The van der Waals surface area contributed by atoms with E-state index in [4.69, 9.17) is 4.74 Å². The van der Waals surface area contributed by atoms with Crippen molar-refractivity contribution < 1.29 is 53.0 Å². The topological polar surface area (TPSA) is 9.23 Å². The van der Waals surface area contributed by atoms with Crippen molar-refractivity contribution in [1.82, 2.24) is 0 Å². The van der Waals surface area contributed by atoms with Crippen molar-refractivity contribution in [2.75, 3.05) is 6.61 Å². The standard InChI is InChI=1S/C17H23F11O/c1-3-5-6-11-8-7-10(4-2)12(11)29-9-13(18,19)14(20,21)15(22,23)16(24,25)17(26,27)28/h10-12H,3-9H2,1-2H3. The highest BCUT2D eigenvalue weighted by Crippen LogP contribution is 2.57. The van der Waals surface area contributed by atoms with Crippen LogP contribution in [-0.2, 0) is 4.74 Å². The van der Waals surface area contributed by atoms with Gasteiger partial charge in [0.05, 0.1) is 6.10 Å². The highest BCUT2D eigenvalue weighted by atomic mass is 19.4. The first-order chi connectivity index (χ1) is 13.0. The van der Waals surface area contributed by atoms with Crippen LogP contribution < -0.4 is 0 Å². The van der Waals surface area contributed by atoms with Crippen LogP contribution in [-0.4, -0.2) is 42.6 Å². The van der Waals surface area contributed by atoms with Gasteiger partial charge in [-0.1, -0.05) is 33.1 Å². The fourth-order valence-electron chi connectivity index (χ4n) is 3.52. The summed E-state index contributed by atoms with van der Waals surface area (Å²) in [5, 5.41) is 0. The molecule has 1 aliphatic carbocycles. The molecule has 0 N–H and O–H groups in total. The number of halogens is 11. The number of hydrogen-bond acceptors (Lipinski definition) is 1. The molecule has 0 heterocycles. The molecule has 0 aromatic heterocycles. The van der Waals surface area contributed by atoms with Gasteiger partial charge in [-0.2, -0.15) is 48.3 Å². The fourth-order valence-corrected chi connectivity index (χ4v) is 3.52. The molecular formula is C17H23F11O. The number of alkyl halides is 11. The number of hydrogen-bond donors (Lipinski definition) is 0. The minimum atomic E-state index is -7.38. The van der Waals surface area contributed by atoms with Gasteiger partial charge >= 0.3 is 29.9 Å². The Morgan fingerprint density at radius 2 is 1.24 bits per heavy atom. The zero-order valence-corrected chi connectivity index (χ0v) is 15.7. The summed E-state index contributed by atoms with van der Waals surface area (Å²) in [5.41, 5.74) is 0. The molecule has 1 rings (SSSR count). The SMILES string of the molecule is CCCCC1CCC(CC)C1OCC(F)(F)C(F)(F)C(F)(F)C(F)(F)C(F)(F)F. The monoisotopic (exact) mass is 452 g/mol. The van der Waals surface area contributed by atoms with Crippen LogP contribution in [0, 0.1) is 11.8 Å². The van der Waals surface area contributed by atoms with E-state index in [1.807, 2.05) is 6.92 Å². The maximum Gasteiger partial charge on any atom is 0.460 e. The van der Waals surface area contributed by atoms with Gasteiger partial charge in [-0.25, -0.2) is 0 Å². The van der Waals surface area contributed by atoms with Crippen LogP contribution in [0.4, 0.5) is 48.3 Å². The Balaban J connectivity index is 3.04. The Labute approximate surface area is 161 Å². The summed E-state index contributed by atoms with van der Waals surface area (Å²) in [6.45, 7) is 1.13. The van der Waals surface area contributed by atoms with E-state index < -0.39 is 42.6 Å². The smallest absolute Gasteiger partial charge is 0.371 e. The van der Waals surface area contributed by atoms with Crippen LogP contribution in [0.15, 0.2) is 0 Å². The molecule has 29 heavy (non-hydrogen) atoms. The van der Waals surface area contributed by atoms with Gasteiger partial charge in [-0.15, -0.1) is 0 Å². The molecule has 1 fully saturated rings. The zero-order valence-electron chi connectivity index (χ0n) is 15.7. The summed E-state index contributed by atoms with van der Waals surface area (Å²) in [7, 11) is 0. The number of ether oxygens (including phenoxy) is 1. The number of unbranched alkanes of at least 4 members (excludes halogenated alkanes) is 1. The summed E-state index contributed by atoms with van der Waals surface area (Å²) < 4.78 is 148. The van der Waals surface area contributed by atoms with Crippen molar-refractivity contribution in [3.05, 3.63) is 0 Å². The third-order valence-electron chi connectivity index (χ3n) is 5.35. The highest BCUT2D eigenvalue weighted by molar-refractivity contribution is 5.06. The Morgan fingerprint density at radius 3 is 1.69 bits per heavy atom. The fraction of sp³-hybridized carbons (Fsp3) is 1.00. The van der Waals surface area contributed by atoms with E-state index in [-0.39, 0.29) is 11.8 Å². The van der Waals surface area contributed by atoms with E-state index >= 15 is 0 Å². The second-order valence-corrected chi connectivity index (χ2v) is 7.35. The molecule has 12 heteroatoms. The van der Waals surface area contributed by atoms with E-state index in [0.29, 0.717) is 32.1 Å². The third-order valence-corrected chi connectivity index (χ3v) is 5.35. The average molecular weight is 452 g/mol. The van der Waals surface area contributed by atoms with Crippen LogP contribution >= 0.6 is 0 Å². The lowest BCUT2D eigenvalue weighted by molar-refractivity contribution is -0.425. The maximum atomic E-state index is 13.8. The molecule has 0 amide bonds. The molecule has 1 aliphatic rings. The van der Waals surface area contributed by atoms with Gasteiger partial charge in [0, 0.05) is 0 Å². The second kappa shape index (κ2) is 8.74. The van der Waals surface area contributed by atoms with Gasteiger partial charge in [0.25, 0.3) is 0 Å². The van der Waals surface area contributed by atoms with Gasteiger partial charge in [0.2, 0.25) is 0 Å². The predicted octanol–water partition coefficient (Wildman–Crippen LogP) is 7.10. The van der Waals surface area contributed by atoms with Crippen molar-refractivity contribution in [2.45, 2.75) is 88.3 Å². The van der Waals surface area contributed by atoms with Crippen LogP contribution in [0.25, 0.3) is 0 Å².